The van der Waals surface area contributed by atoms with E-state index >= 15 is 0 Å². The summed E-state index contributed by atoms with van der Waals surface area (Å²) < 4.78 is 44.0. The minimum atomic E-state index is -5.11. The highest BCUT2D eigenvalue weighted by molar-refractivity contribution is 6.32. The van der Waals surface area contributed by atoms with Gasteiger partial charge in [0.05, 0.1) is 11.3 Å². The van der Waals surface area contributed by atoms with Crippen LogP contribution in [0.3, 0.4) is 0 Å². The van der Waals surface area contributed by atoms with Crippen LogP contribution in [0.25, 0.3) is 11.6 Å². The molecular formula is C27H30Cl2F3N9O3. The Labute approximate surface area is 260 Å². The van der Waals surface area contributed by atoms with Crippen molar-refractivity contribution in [3.63, 3.8) is 0 Å². The minimum Gasteiger partial charge on any atom is -0.420 e. The van der Waals surface area contributed by atoms with Gasteiger partial charge in [-0.25, -0.2) is 9.97 Å². The Kier molecular flexibility index (Phi) is 9.18. The molecule has 1 atom stereocenters. The van der Waals surface area contributed by atoms with Crippen molar-refractivity contribution in [2.24, 2.45) is 0 Å². The number of nitrogens with one attached hydrogen (secondary N) is 1. The molecule has 236 valence electrons. The van der Waals surface area contributed by atoms with Crippen LogP contribution in [0.5, 0.6) is 0 Å². The largest absolute Gasteiger partial charge is 0.471 e. The molecule has 2 amide bonds. The molecule has 3 aromatic rings. The number of anilines is 3. The first-order chi connectivity index (χ1) is 20.8. The smallest absolute Gasteiger partial charge is 0.420 e. The highest BCUT2D eigenvalue weighted by Crippen LogP contribution is 2.33. The number of nitrogens with two attached hydrogens (primary N) is 1. The summed E-state index contributed by atoms with van der Waals surface area (Å²) in [6.07, 6.45) is -2.91. The summed E-state index contributed by atoms with van der Waals surface area (Å²) >= 11 is 12.5. The summed E-state index contributed by atoms with van der Waals surface area (Å²) in [6.45, 7) is 6.52. The Morgan fingerprint density at radius 3 is 2.48 bits per heavy atom. The van der Waals surface area contributed by atoms with Gasteiger partial charge in [-0.1, -0.05) is 30.1 Å². The number of hydrogen-bond donors (Lipinski definition) is 2. The third-order valence-corrected chi connectivity index (χ3v) is 8.32. The van der Waals surface area contributed by atoms with Crippen LogP contribution in [0.4, 0.5) is 30.5 Å². The van der Waals surface area contributed by atoms with E-state index < -0.39 is 18.0 Å². The average Bonchev–Trinajstić information content (AvgIpc) is 3.43. The van der Waals surface area contributed by atoms with Crippen LogP contribution in [0.15, 0.2) is 22.6 Å². The Morgan fingerprint density at radius 1 is 1.11 bits per heavy atom. The summed E-state index contributed by atoms with van der Waals surface area (Å²) in [4.78, 5) is 39.8. The number of amides is 2. The minimum absolute atomic E-state index is 0.0528. The van der Waals surface area contributed by atoms with Gasteiger partial charge in [0.1, 0.15) is 0 Å². The van der Waals surface area contributed by atoms with Crippen LogP contribution < -0.4 is 16.0 Å². The third-order valence-electron chi connectivity index (χ3n) is 7.83. The lowest BCUT2D eigenvalue weighted by Gasteiger charge is -2.47. The second kappa shape index (κ2) is 12.7. The van der Waals surface area contributed by atoms with E-state index in [0.717, 1.165) is 12.5 Å². The molecule has 0 saturated carbocycles. The maximum absolute atomic E-state index is 13.3. The number of piperidine rings is 1. The monoisotopic (exact) mass is 655 g/mol. The molecule has 2 aliphatic rings. The summed E-state index contributed by atoms with van der Waals surface area (Å²) in [5.41, 5.74) is 6.07. The molecular weight excluding hydrogens is 626 g/mol. The van der Waals surface area contributed by atoms with Gasteiger partial charge in [-0.2, -0.15) is 13.2 Å². The maximum Gasteiger partial charge on any atom is 0.471 e. The van der Waals surface area contributed by atoms with Crippen LogP contribution in [0, 0.1) is 6.92 Å². The molecule has 5 rings (SSSR count). The van der Waals surface area contributed by atoms with E-state index in [1.54, 1.807) is 17.1 Å². The van der Waals surface area contributed by atoms with Gasteiger partial charge in [0.25, 0.3) is 11.8 Å². The molecule has 0 bridgehead atoms. The first-order valence-corrected chi connectivity index (χ1v) is 14.7. The zero-order valence-corrected chi connectivity index (χ0v) is 25.4. The first kappa shape index (κ1) is 31.7. The van der Waals surface area contributed by atoms with Crippen molar-refractivity contribution in [2.75, 3.05) is 48.7 Å². The van der Waals surface area contributed by atoms with Crippen LogP contribution in [-0.2, 0) is 4.79 Å². The number of nitrogens with zero attached hydrogens (tertiary/aromatic N) is 7. The van der Waals surface area contributed by atoms with Crippen LogP contribution in [0.2, 0.25) is 10.2 Å². The van der Waals surface area contributed by atoms with Crippen molar-refractivity contribution >= 4 is 52.3 Å². The summed E-state index contributed by atoms with van der Waals surface area (Å²) in [7, 11) is 0. The zero-order chi connectivity index (χ0) is 31.8. The number of aryl methyl sites for hydroxylation is 1. The van der Waals surface area contributed by atoms with Gasteiger partial charge in [-0.15, -0.1) is 10.2 Å². The van der Waals surface area contributed by atoms with Crippen LogP contribution in [-0.4, -0.2) is 92.8 Å². The first-order valence-electron chi connectivity index (χ1n) is 14.0. The fourth-order valence-electron chi connectivity index (χ4n) is 5.65. The van der Waals surface area contributed by atoms with Gasteiger partial charge in [-0.05, 0) is 37.5 Å². The van der Waals surface area contributed by atoms with Crippen molar-refractivity contribution < 1.29 is 27.2 Å². The van der Waals surface area contributed by atoms with E-state index in [-0.39, 0.29) is 50.9 Å². The van der Waals surface area contributed by atoms with Gasteiger partial charge >= 0.3 is 12.1 Å². The highest BCUT2D eigenvalue weighted by Gasteiger charge is 2.40. The maximum atomic E-state index is 13.3. The molecule has 44 heavy (non-hydrogen) atoms. The molecule has 17 heteroatoms. The quantitative estimate of drug-likeness (QED) is 0.391. The predicted octanol–water partition coefficient (Wildman–Crippen LogP) is 4.43. The average molecular weight is 656 g/mol. The Bertz CT molecular complexity index is 1550. The number of benzene rings is 1. The normalized spacial score (nSPS) is 18.5. The standard InChI is InChI=1S/C27H30Cl2F3N9O3/c1-3-16-13-40(23-21(29)35-20(22(33)36-23)24-38-37-14(2)44-24)10-11-41(16)17-6-8-39(9-7-17)25(42)18-5-4-15(28)12-19(18)34-26(43)27(30,31)32/h4-5,12,16-17H,3,6-11,13H2,1-2H3,(H2,33,36)(H,34,43)/t16-/m0/s1. The van der Waals surface area contributed by atoms with Crippen molar-refractivity contribution in [3.05, 3.63) is 39.8 Å². The molecule has 2 aliphatic heterocycles. The van der Waals surface area contributed by atoms with Gasteiger partial charge in [0, 0.05) is 56.8 Å². The zero-order valence-electron chi connectivity index (χ0n) is 23.9. The molecule has 0 unspecified atom stereocenters. The van der Waals surface area contributed by atoms with Crippen molar-refractivity contribution in [3.8, 4) is 11.6 Å². The lowest BCUT2D eigenvalue weighted by Crippen LogP contribution is -2.58. The van der Waals surface area contributed by atoms with Crippen LogP contribution >= 0.6 is 23.2 Å². The van der Waals surface area contributed by atoms with E-state index in [0.29, 0.717) is 57.3 Å². The summed E-state index contributed by atoms with van der Waals surface area (Å²) in [6, 6.07) is 4.22. The lowest BCUT2D eigenvalue weighted by molar-refractivity contribution is -0.167. The van der Waals surface area contributed by atoms with E-state index in [2.05, 4.69) is 36.9 Å². The van der Waals surface area contributed by atoms with Crippen molar-refractivity contribution in [1.82, 2.24) is 30.0 Å². The lowest BCUT2D eigenvalue weighted by atomic mass is 9.97. The Balaban J connectivity index is 1.23. The highest BCUT2D eigenvalue weighted by atomic mass is 35.5. The fraction of sp³-hybridized carbons (Fsp3) is 0.481. The predicted molar refractivity (Wildman–Crippen MR) is 158 cm³/mol. The molecule has 12 nitrogen and oxygen atoms in total. The number of halogens is 5. The number of aromatic nitrogens is 4. The van der Waals surface area contributed by atoms with E-state index in [1.807, 2.05) is 0 Å². The Morgan fingerprint density at radius 2 is 1.84 bits per heavy atom. The second-order valence-corrected chi connectivity index (χ2v) is 11.4. The van der Waals surface area contributed by atoms with Crippen molar-refractivity contribution in [2.45, 2.75) is 51.4 Å². The molecule has 0 radical (unpaired) electrons. The number of piperazine rings is 1. The molecule has 0 spiro atoms. The summed E-state index contributed by atoms with van der Waals surface area (Å²) in [5.74, 6) is -1.55. The van der Waals surface area contributed by atoms with Gasteiger partial charge in [0.2, 0.25) is 5.89 Å². The Hall–Kier alpha value is -3.69. The second-order valence-electron chi connectivity index (χ2n) is 10.6. The SMILES string of the molecule is CC[C@H]1CN(c2nc(N)c(-c3nnc(C)o3)nc2Cl)CCN1C1CCN(C(=O)c2ccc(Cl)cc2NC(=O)C(F)(F)F)CC1. The van der Waals surface area contributed by atoms with Gasteiger partial charge < -0.3 is 25.3 Å². The molecule has 0 aliphatic carbocycles. The topological polar surface area (TPSA) is 147 Å². The molecule has 3 N–H and O–H groups in total. The van der Waals surface area contributed by atoms with Gasteiger partial charge in [0.15, 0.2) is 22.5 Å². The molecule has 1 aromatic carbocycles. The third kappa shape index (κ3) is 6.69. The number of likely N-dealkylation sites (tertiary alicyclic amines) is 1. The van der Waals surface area contributed by atoms with Crippen LogP contribution in [0.1, 0.15) is 42.4 Å². The summed E-state index contributed by atoms with van der Waals surface area (Å²) in [5, 5.41) is 9.78. The number of carbonyl (C=O) groups excluding carboxylic acids is 2. The fourth-order valence-corrected chi connectivity index (χ4v) is 6.06. The number of carbonyl (C=O) groups is 2. The van der Waals surface area contributed by atoms with Gasteiger partial charge in [-0.3, -0.25) is 14.5 Å². The molecule has 2 fully saturated rings. The number of nitrogen functional groups attached to an aromatic ring is 1. The van der Waals surface area contributed by atoms with E-state index in [4.69, 9.17) is 33.4 Å². The molecule has 4 heterocycles. The molecule has 2 saturated heterocycles. The van der Waals surface area contributed by atoms with E-state index in [1.165, 1.54) is 12.1 Å². The number of rotatable bonds is 6. The number of hydrogen-bond acceptors (Lipinski definition) is 10. The van der Waals surface area contributed by atoms with E-state index in [9.17, 15) is 22.8 Å². The van der Waals surface area contributed by atoms with Crippen molar-refractivity contribution in [1.29, 1.82) is 0 Å². The molecule has 2 aromatic heterocycles. The number of alkyl halides is 3.